The lowest BCUT2D eigenvalue weighted by Gasteiger charge is -2.57. The minimum atomic E-state index is 0.284. The second-order valence-electron chi connectivity index (χ2n) is 8.05. The fourth-order valence-electron chi connectivity index (χ4n) is 6.10. The SMILES string of the molecule is COc1ccc(CCCO)c(C23CC4CC(CC(C4)C2)C3)c1. The Morgan fingerprint density at radius 3 is 2.27 bits per heavy atom. The third-order valence-electron chi connectivity index (χ3n) is 6.53. The topological polar surface area (TPSA) is 29.5 Å². The van der Waals surface area contributed by atoms with Gasteiger partial charge in [-0.15, -0.1) is 0 Å². The zero-order chi connectivity index (χ0) is 15.2. The van der Waals surface area contributed by atoms with Crippen molar-refractivity contribution < 1.29 is 9.84 Å². The average Bonchev–Trinajstić information content (AvgIpc) is 2.51. The Bertz CT molecular complexity index is 513. The average molecular weight is 300 g/mol. The van der Waals surface area contributed by atoms with Crippen LogP contribution in [0.5, 0.6) is 5.75 Å². The van der Waals surface area contributed by atoms with Crippen molar-refractivity contribution in [3.05, 3.63) is 29.3 Å². The smallest absolute Gasteiger partial charge is 0.119 e. The Morgan fingerprint density at radius 1 is 1.09 bits per heavy atom. The van der Waals surface area contributed by atoms with Crippen molar-refractivity contribution in [3.8, 4) is 5.75 Å². The van der Waals surface area contributed by atoms with Gasteiger partial charge in [0.1, 0.15) is 5.75 Å². The number of ether oxygens (including phenoxy) is 1. The number of aliphatic hydroxyl groups excluding tert-OH is 1. The number of rotatable bonds is 5. The largest absolute Gasteiger partial charge is 0.497 e. The predicted octanol–water partition coefficient (Wildman–Crippen LogP) is 4.09. The summed E-state index contributed by atoms with van der Waals surface area (Å²) >= 11 is 0. The first-order chi connectivity index (χ1) is 10.7. The second kappa shape index (κ2) is 5.56. The summed E-state index contributed by atoms with van der Waals surface area (Å²) in [6.07, 6.45) is 10.5. The van der Waals surface area contributed by atoms with E-state index in [1.165, 1.54) is 44.1 Å². The molecule has 2 nitrogen and oxygen atoms in total. The summed E-state index contributed by atoms with van der Waals surface area (Å²) in [5, 5.41) is 9.23. The lowest BCUT2D eigenvalue weighted by atomic mass is 9.47. The molecule has 1 N–H and O–H groups in total. The molecular weight excluding hydrogens is 272 g/mol. The first-order valence-electron chi connectivity index (χ1n) is 9.01. The van der Waals surface area contributed by atoms with Crippen molar-refractivity contribution in [2.24, 2.45) is 17.8 Å². The molecule has 22 heavy (non-hydrogen) atoms. The molecular formula is C20H28O2. The molecule has 1 aromatic rings. The molecule has 0 amide bonds. The standard InChI is InChI=1S/C20H28O2/c1-22-18-5-4-17(3-2-6-21)19(10-18)20-11-14-7-15(12-20)9-16(8-14)13-20/h4-5,10,14-16,21H,2-3,6-9,11-13H2,1H3. The molecule has 0 atom stereocenters. The van der Waals surface area contributed by atoms with E-state index in [1.807, 2.05) is 0 Å². The Labute approximate surface area is 133 Å². The van der Waals surface area contributed by atoms with Gasteiger partial charge in [-0.1, -0.05) is 6.07 Å². The molecule has 4 bridgehead atoms. The molecule has 0 heterocycles. The summed E-state index contributed by atoms with van der Waals surface area (Å²) in [5.41, 5.74) is 3.42. The van der Waals surface area contributed by atoms with Gasteiger partial charge in [-0.3, -0.25) is 0 Å². The van der Waals surface area contributed by atoms with Gasteiger partial charge in [0, 0.05) is 6.61 Å². The van der Waals surface area contributed by atoms with Crippen molar-refractivity contribution in [2.75, 3.05) is 13.7 Å². The van der Waals surface area contributed by atoms with Crippen LogP contribution in [0.15, 0.2) is 18.2 Å². The highest BCUT2D eigenvalue weighted by molar-refractivity contribution is 5.42. The third-order valence-corrected chi connectivity index (χ3v) is 6.53. The van der Waals surface area contributed by atoms with Crippen molar-refractivity contribution in [2.45, 2.75) is 56.8 Å². The maximum atomic E-state index is 9.23. The molecule has 4 aliphatic rings. The molecule has 0 spiro atoms. The van der Waals surface area contributed by atoms with E-state index < -0.39 is 0 Å². The summed E-state index contributed by atoms with van der Waals surface area (Å²) in [6.45, 7) is 0.284. The fourth-order valence-corrected chi connectivity index (χ4v) is 6.10. The number of methoxy groups -OCH3 is 1. The molecule has 0 aromatic heterocycles. The number of benzene rings is 1. The molecule has 0 unspecified atom stereocenters. The van der Waals surface area contributed by atoms with E-state index in [2.05, 4.69) is 18.2 Å². The van der Waals surface area contributed by atoms with Crippen LogP contribution < -0.4 is 4.74 Å². The molecule has 0 saturated heterocycles. The summed E-state index contributed by atoms with van der Waals surface area (Å²) in [5.74, 6) is 3.88. The van der Waals surface area contributed by atoms with Crippen LogP contribution in [-0.2, 0) is 11.8 Å². The van der Waals surface area contributed by atoms with Crippen molar-refractivity contribution in [3.63, 3.8) is 0 Å². The second-order valence-corrected chi connectivity index (χ2v) is 8.05. The molecule has 4 fully saturated rings. The molecule has 5 rings (SSSR count). The molecule has 4 aliphatic carbocycles. The molecule has 0 aliphatic heterocycles. The molecule has 4 saturated carbocycles. The van der Waals surface area contributed by atoms with Gasteiger partial charge >= 0.3 is 0 Å². The quantitative estimate of drug-likeness (QED) is 0.887. The van der Waals surface area contributed by atoms with E-state index in [1.54, 1.807) is 12.7 Å². The predicted molar refractivity (Wildman–Crippen MR) is 88.3 cm³/mol. The zero-order valence-electron chi connectivity index (χ0n) is 13.7. The summed E-state index contributed by atoms with van der Waals surface area (Å²) < 4.78 is 5.53. The minimum absolute atomic E-state index is 0.284. The Kier molecular flexibility index (Phi) is 3.68. The maximum Gasteiger partial charge on any atom is 0.119 e. The van der Waals surface area contributed by atoms with Gasteiger partial charge in [0.15, 0.2) is 0 Å². The van der Waals surface area contributed by atoms with Gasteiger partial charge in [0.2, 0.25) is 0 Å². The summed E-state index contributed by atoms with van der Waals surface area (Å²) in [7, 11) is 1.77. The molecule has 2 heteroatoms. The van der Waals surface area contributed by atoms with Gasteiger partial charge < -0.3 is 9.84 Å². The Hall–Kier alpha value is -1.02. The van der Waals surface area contributed by atoms with Crippen LogP contribution in [0, 0.1) is 17.8 Å². The zero-order valence-corrected chi connectivity index (χ0v) is 13.7. The van der Waals surface area contributed by atoms with E-state index in [0.29, 0.717) is 5.41 Å². The van der Waals surface area contributed by atoms with Crippen LogP contribution in [0.3, 0.4) is 0 Å². The van der Waals surface area contributed by atoms with Crippen LogP contribution in [0.1, 0.15) is 56.1 Å². The Morgan fingerprint density at radius 2 is 1.73 bits per heavy atom. The van der Waals surface area contributed by atoms with Gasteiger partial charge in [0.05, 0.1) is 7.11 Å². The highest BCUT2D eigenvalue weighted by atomic mass is 16.5. The van der Waals surface area contributed by atoms with Crippen LogP contribution in [0.4, 0.5) is 0 Å². The minimum Gasteiger partial charge on any atom is -0.497 e. The lowest BCUT2D eigenvalue weighted by molar-refractivity contribution is -0.00568. The van der Waals surface area contributed by atoms with E-state index >= 15 is 0 Å². The molecule has 1 aromatic carbocycles. The van der Waals surface area contributed by atoms with E-state index in [-0.39, 0.29) is 6.61 Å². The monoisotopic (exact) mass is 300 g/mol. The van der Waals surface area contributed by atoms with Crippen molar-refractivity contribution >= 4 is 0 Å². The maximum absolute atomic E-state index is 9.23. The number of hydrogen-bond acceptors (Lipinski definition) is 2. The normalized spacial score (nSPS) is 35.8. The molecule has 120 valence electrons. The lowest BCUT2D eigenvalue weighted by Crippen LogP contribution is -2.48. The van der Waals surface area contributed by atoms with Crippen molar-refractivity contribution in [1.29, 1.82) is 0 Å². The molecule has 0 radical (unpaired) electrons. The number of aryl methyl sites for hydroxylation is 1. The first kappa shape index (κ1) is 14.6. The van der Waals surface area contributed by atoms with E-state index in [0.717, 1.165) is 36.3 Å². The van der Waals surface area contributed by atoms with Gasteiger partial charge in [-0.25, -0.2) is 0 Å². The first-order valence-corrected chi connectivity index (χ1v) is 9.01. The summed E-state index contributed by atoms with van der Waals surface area (Å²) in [4.78, 5) is 0. The van der Waals surface area contributed by atoms with Gasteiger partial charge in [0.25, 0.3) is 0 Å². The highest BCUT2D eigenvalue weighted by Crippen LogP contribution is 2.61. The summed E-state index contributed by atoms with van der Waals surface area (Å²) in [6, 6.07) is 6.67. The Balaban J connectivity index is 1.73. The fraction of sp³-hybridized carbons (Fsp3) is 0.700. The van der Waals surface area contributed by atoms with E-state index in [9.17, 15) is 5.11 Å². The third kappa shape index (κ3) is 2.36. The van der Waals surface area contributed by atoms with Crippen LogP contribution in [0.25, 0.3) is 0 Å². The van der Waals surface area contributed by atoms with Crippen LogP contribution in [-0.4, -0.2) is 18.8 Å². The number of aliphatic hydroxyl groups is 1. The highest BCUT2D eigenvalue weighted by Gasteiger charge is 2.52. The van der Waals surface area contributed by atoms with E-state index in [4.69, 9.17) is 4.74 Å². The van der Waals surface area contributed by atoms with Crippen molar-refractivity contribution in [1.82, 2.24) is 0 Å². The van der Waals surface area contributed by atoms with Crippen LogP contribution >= 0.6 is 0 Å². The van der Waals surface area contributed by atoms with Crippen LogP contribution in [0.2, 0.25) is 0 Å². The number of hydrogen-bond donors (Lipinski definition) is 1. The van der Waals surface area contributed by atoms with Gasteiger partial charge in [-0.05, 0) is 97.8 Å². The van der Waals surface area contributed by atoms with Gasteiger partial charge in [-0.2, -0.15) is 0 Å².